The lowest BCUT2D eigenvalue weighted by molar-refractivity contribution is 0.166. The fourth-order valence-electron chi connectivity index (χ4n) is 2.06. The lowest BCUT2D eigenvalue weighted by Crippen LogP contribution is -2.03. The van der Waals surface area contributed by atoms with Crippen LogP contribution >= 0.6 is 0 Å². The Morgan fingerprint density at radius 2 is 1.95 bits per heavy atom. The highest BCUT2D eigenvalue weighted by atomic mass is 19.1. The summed E-state index contributed by atoms with van der Waals surface area (Å²) in [6.45, 7) is 4.13. The maximum Gasteiger partial charge on any atom is 0.125 e. The van der Waals surface area contributed by atoms with Crippen LogP contribution in [0.4, 0.5) is 4.39 Å². The van der Waals surface area contributed by atoms with Gasteiger partial charge in [0.2, 0.25) is 0 Å². The minimum absolute atomic E-state index is 0.268. The molecule has 0 fully saturated rings. The lowest BCUT2D eigenvalue weighted by Gasteiger charge is -2.15. The van der Waals surface area contributed by atoms with Crippen LogP contribution in [0.2, 0.25) is 0 Å². The molecule has 0 unspecified atom stereocenters. The van der Waals surface area contributed by atoms with Crippen molar-refractivity contribution in [3.8, 4) is 5.75 Å². The second kappa shape index (κ2) is 6.53. The van der Waals surface area contributed by atoms with Gasteiger partial charge in [0.05, 0.1) is 6.10 Å². The molecule has 0 aliphatic carbocycles. The predicted molar refractivity (Wildman–Crippen MR) is 77.2 cm³/mol. The Morgan fingerprint density at radius 1 is 1.20 bits per heavy atom. The number of ether oxygens (including phenoxy) is 1. The summed E-state index contributed by atoms with van der Waals surface area (Å²) in [6.07, 6.45) is 0.0825. The van der Waals surface area contributed by atoms with E-state index in [9.17, 15) is 9.50 Å². The zero-order valence-corrected chi connectivity index (χ0v) is 11.8. The third kappa shape index (κ3) is 3.36. The number of aliphatic hydroxyl groups is 1. The van der Waals surface area contributed by atoms with Crippen LogP contribution < -0.4 is 4.74 Å². The summed E-state index contributed by atoms with van der Waals surface area (Å²) in [6, 6.07) is 12.1. The molecule has 0 saturated carbocycles. The molecule has 2 aromatic rings. The number of benzene rings is 2. The van der Waals surface area contributed by atoms with Crippen molar-refractivity contribution in [3.05, 3.63) is 65.0 Å². The van der Waals surface area contributed by atoms with Gasteiger partial charge in [0.1, 0.15) is 18.2 Å². The molecule has 106 valence electrons. The van der Waals surface area contributed by atoms with E-state index in [1.807, 2.05) is 38.1 Å². The summed E-state index contributed by atoms with van der Waals surface area (Å²) in [4.78, 5) is 0. The van der Waals surface area contributed by atoms with Gasteiger partial charge in [-0.3, -0.25) is 0 Å². The van der Waals surface area contributed by atoms with E-state index in [2.05, 4.69) is 0 Å². The monoisotopic (exact) mass is 274 g/mol. The number of hydrogen-bond acceptors (Lipinski definition) is 2. The Kier molecular flexibility index (Phi) is 4.74. The topological polar surface area (TPSA) is 29.5 Å². The molecule has 0 radical (unpaired) electrons. The maximum absolute atomic E-state index is 13.2. The van der Waals surface area contributed by atoms with Gasteiger partial charge in [-0.15, -0.1) is 0 Å². The van der Waals surface area contributed by atoms with Crippen molar-refractivity contribution >= 4 is 0 Å². The zero-order valence-electron chi connectivity index (χ0n) is 11.8. The average molecular weight is 274 g/mol. The minimum atomic E-state index is -0.542. The molecule has 0 spiro atoms. The molecular weight excluding hydrogens is 255 g/mol. The molecule has 1 atom stereocenters. The first kappa shape index (κ1) is 14.5. The van der Waals surface area contributed by atoms with Gasteiger partial charge in [0.15, 0.2) is 0 Å². The van der Waals surface area contributed by atoms with Crippen LogP contribution in [0.15, 0.2) is 42.5 Å². The average Bonchev–Trinajstić information content (AvgIpc) is 2.47. The molecule has 0 heterocycles. The summed E-state index contributed by atoms with van der Waals surface area (Å²) in [5.41, 5.74) is 2.56. The van der Waals surface area contributed by atoms with Gasteiger partial charge in [-0.05, 0) is 42.7 Å². The molecule has 3 heteroatoms. The normalized spacial score (nSPS) is 12.2. The second-order valence-corrected chi connectivity index (χ2v) is 4.82. The Labute approximate surface area is 118 Å². The predicted octanol–water partition coefficient (Wildman–Crippen LogP) is 4.16. The number of aliphatic hydroxyl groups excluding tert-OH is 1. The number of hydrogen-bond donors (Lipinski definition) is 1. The molecule has 2 rings (SSSR count). The Morgan fingerprint density at radius 3 is 2.70 bits per heavy atom. The Hall–Kier alpha value is -1.87. The van der Waals surface area contributed by atoms with Gasteiger partial charge in [-0.1, -0.05) is 31.2 Å². The van der Waals surface area contributed by atoms with Crippen LogP contribution in [0.3, 0.4) is 0 Å². The van der Waals surface area contributed by atoms with Crippen LogP contribution in [-0.4, -0.2) is 5.11 Å². The van der Waals surface area contributed by atoms with Gasteiger partial charge in [0, 0.05) is 5.56 Å². The number of halogens is 1. The van der Waals surface area contributed by atoms with Crippen LogP contribution in [0, 0.1) is 12.7 Å². The molecule has 0 aliphatic rings. The fourth-order valence-corrected chi connectivity index (χ4v) is 2.06. The van der Waals surface area contributed by atoms with E-state index in [1.165, 1.54) is 12.1 Å². The number of rotatable bonds is 5. The first-order valence-corrected chi connectivity index (χ1v) is 6.76. The smallest absolute Gasteiger partial charge is 0.125 e. The van der Waals surface area contributed by atoms with E-state index in [1.54, 1.807) is 6.07 Å². The highest BCUT2D eigenvalue weighted by Gasteiger charge is 2.11. The van der Waals surface area contributed by atoms with Crippen molar-refractivity contribution in [2.75, 3.05) is 0 Å². The second-order valence-electron chi connectivity index (χ2n) is 4.82. The summed E-state index contributed by atoms with van der Waals surface area (Å²) < 4.78 is 19.0. The molecular formula is C17H19FO2. The summed E-state index contributed by atoms with van der Waals surface area (Å²) in [7, 11) is 0. The molecule has 20 heavy (non-hydrogen) atoms. The van der Waals surface area contributed by atoms with Crippen molar-refractivity contribution in [2.45, 2.75) is 33.0 Å². The van der Waals surface area contributed by atoms with Crippen molar-refractivity contribution < 1.29 is 14.2 Å². The van der Waals surface area contributed by atoms with E-state index in [4.69, 9.17) is 4.74 Å². The largest absolute Gasteiger partial charge is 0.489 e. The summed E-state index contributed by atoms with van der Waals surface area (Å²) >= 11 is 0. The minimum Gasteiger partial charge on any atom is -0.489 e. The molecule has 0 aliphatic heterocycles. The van der Waals surface area contributed by atoms with E-state index in [0.717, 1.165) is 16.7 Å². The zero-order chi connectivity index (χ0) is 14.5. The third-order valence-electron chi connectivity index (χ3n) is 3.36. The SMILES string of the molecule is CC[C@@H](O)c1ccccc1OCc1cc(F)ccc1C. The molecule has 2 aromatic carbocycles. The lowest BCUT2D eigenvalue weighted by atomic mass is 10.1. The van der Waals surface area contributed by atoms with Crippen molar-refractivity contribution in [2.24, 2.45) is 0 Å². The van der Waals surface area contributed by atoms with Gasteiger partial charge < -0.3 is 9.84 Å². The molecule has 0 saturated heterocycles. The van der Waals surface area contributed by atoms with E-state index >= 15 is 0 Å². The van der Waals surface area contributed by atoms with Crippen LogP contribution in [0.1, 0.15) is 36.1 Å². The number of para-hydroxylation sites is 1. The maximum atomic E-state index is 13.2. The Bertz CT molecular complexity index is 581. The standard InChI is InChI=1S/C17H19FO2/c1-3-16(19)15-6-4-5-7-17(15)20-11-13-10-14(18)9-8-12(13)2/h4-10,16,19H,3,11H2,1-2H3/t16-/m1/s1. The molecule has 0 amide bonds. The molecule has 2 nitrogen and oxygen atoms in total. The Balaban J connectivity index is 2.17. The summed E-state index contributed by atoms with van der Waals surface area (Å²) in [5.74, 6) is 0.376. The molecule has 0 bridgehead atoms. The van der Waals surface area contributed by atoms with Crippen molar-refractivity contribution in [1.82, 2.24) is 0 Å². The summed E-state index contributed by atoms with van der Waals surface area (Å²) in [5, 5.41) is 9.97. The van der Waals surface area contributed by atoms with E-state index in [-0.39, 0.29) is 12.4 Å². The third-order valence-corrected chi connectivity index (χ3v) is 3.36. The first-order valence-electron chi connectivity index (χ1n) is 6.76. The van der Waals surface area contributed by atoms with Gasteiger partial charge in [-0.2, -0.15) is 0 Å². The number of aryl methyl sites for hydroxylation is 1. The van der Waals surface area contributed by atoms with Crippen LogP contribution in [0.25, 0.3) is 0 Å². The van der Waals surface area contributed by atoms with E-state index < -0.39 is 6.10 Å². The highest BCUT2D eigenvalue weighted by molar-refractivity contribution is 5.35. The van der Waals surface area contributed by atoms with Gasteiger partial charge in [0.25, 0.3) is 0 Å². The van der Waals surface area contributed by atoms with Crippen molar-refractivity contribution in [3.63, 3.8) is 0 Å². The first-order chi connectivity index (χ1) is 9.61. The van der Waals surface area contributed by atoms with Crippen LogP contribution in [0.5, 0.6) is 5.75 Å². The van der Waals surface area contributed by atoms with E-state index in [0.29, 0.717) is 12.2 Å². The quantitative estimate of drug-likeness (QED) is 0.887. The van der Waals surface area contributed by atoms with Gasteiger partial charge >= 0.3 is 0 Å². The van der Waals surface area contributed by atoms with Crippen LogP contribution in [-0.2, 0) is 6.61 Å². The highest BCUT2D eigenvalue weighted by Crippen LogP contribution is 2.27. The van der Waals surface area contributed by atoms with Crippen molar-refractivity contribution in [1.29, 1.82) is 0 Å². The molecule has 0 aromatic heterocycles. The molecule has 1 N–H and O–H groups in total. The fraction of sp³-hybridized carbons (Fsp3) is 0.294. The van der Waals surface area contributed by atoms with Gasteiger partial charge in [-0.25, -0.2) is 4.39 Å².